The quantitative estimate of drug-likeness (QED) is 0.858. The van der Waals surface area contributed by atoms with Gasteiger partial charge in [0.25, 0.3) is 0 Å². The second-order valence-electron chi connectivity index (χ2n) is 5.21. The van der Waals surface area contributed by atoms with Crippen molar-refractivity contribution in [1.29, 1.82) is 0 Å². The fourth-order valence-electron chi connectivity index (χ4n) is 2.26. The molecule has 0 fully saturated rings. The van der Waals surface area contributed by atoms with Crippen LogP contribution in [0.25, 0.3) is 0 Å². The Hall–Kier alpha value is -2.30. The highest BCUT2D eigenvalue weighted by molar-refractivity contribution is 5.92. The van der Waals surface area contributed by atoms with Crippen molar-refractivity contribution in [2.24, 2.45) is 7.05 Å². The lowest BCUT2D eigenvalue weighted by molar-refractivity contribution is -0.116. The van der Waals surface area contributed by atoms with Crippen LogP contribution in [0.15, 0.2) is 36.7 Å². The predicted octanol–water partition coefficient (Wildman–Crippen LogP) is 2.81. The van der Waals surface area contributed by atoms with E-state index < -0.39 is 0 Å². The highest BCUT2D eigenvalue weighted by atomic mass is 16.1. The summed E-state index contributed by atoms with van der Waals surface area (Å²) in [4.78, 5) is 12.1. The van der Waals surface area contributed by atoms with Gasteiger partial charge in [-0.25, -0.2) is 0 Å². The zero-order valence-corrected chi connectivity index (χ0v) is 12.8. The SMILES string of the molecule is CCc1ccccc1NC(=O)C[C@H](C)Nc1cnn(C)c1. The molecule has 0 aliphatic heterocycles. The van der Waals surface area contributed by atoms with Gasteiger partial charge in [0.05, 0.1) is 11.9 Å². The second-order valence-corrected chi connectivity index (χ2v) is 5.21. The van der Waals surface area contributed by atoms with E-state index in [2.05, 4.69) is 22.7 Å². The van der Waals surface area contributed by atoms with Gasteiger partial charge >= 0.3 is 0 Å². The minimum Gasteiger partial charge on any atom is -0.380 e. The Labute approximate surface area is 125 Å². The third-order valence-electron chi connectivity index (χ3n) is 3.28. The van der Waals surface area contributed by atoms with E-state index >= 15 is 0 Å². The summed E-state index contributed by atoms with van der Waals surface area (Å²) < 4.78 is 1.73. The maximum absolute atomic E-state index is 12.1. The smallest absolute Gasteiger partial charge is 0.226 e. The predicted molar refractivity (Wildman–Crippen MR) is 85.4 cm³/mol. The van der Waals surface area contributed by atoms with Crippen LogP contribution in [0.3, 0.4) is 0 Å². The number of carbonyl (C=O) groups is 1. The fourth-order valence-corrected chi connectivity index (χ4v) is 2.26. The summed E-state index contributed by atoms with van der Waals surface area (Å²) >= 11 is 0. The van der Waals surface area contributed by atoms with E-state index in [-0.39, 0.29) is 11.9 Å². The van der Waals surface area contributed by atoms with Crippen LogP contribution in [-0.2, 0) is 18.3 Å². The summed E-state index contributed by atoms with van der Waals surface area (Å²) in [7, 11) is 1.87. The molecule has 5 nitrogen and oxygen atoms in total. The molecular weight excluding hydrogens is 264 g/mol. The van der Waals surface area contributed by atoms with Crippen molar-refractivity contribution in [3.8, 4) is 0 Å². The van der Waals surface area contributed by atoms with Crippen molar-refractivity contribution in [3.05, 3.63) is 42.2 Å². The minimum atomic E-state index is 0.0137. The molecule has 2 rings (SSSR count). The van der Waals surface area contributed by atoms with Crippen molar-refractivity contribution in [2.45, 2.75) is 32.7 Å². The number of nitrogens with one attached hydrogen (secondary N) is 2. The third kappa shape index (κ3) is 4.34. The highest BCUT2D eigenvalue weighted by Gasteiger charge is 2.11. The van der Waals surface area contributed by atoms with Gasteiger partial charge in [0, 0.05) is 31.4 Å². The lowest BCUT2D eigenvalue weighted by Crippen LogP contribution is -2.24. The molecule has 0 radical (unpaired) electrons. The molecule has 1 aromatic carbocycles. The van der Waals surface area contributed by atoms with Crippen molar-refractivity contribution < 1.29 is 4.79 Å². The molecule has 0 aliphatic rings. The molecule has 5 heteroatoms. The van der Waals surface area contributed by atoms with E-state index in [1.54, 1.807) is 10.9 Å². The number of hydrogen-bond donors (Lipinski definition) is 2. The number of anilines is 2. The summed E-state index contributed by atoms with van der Waals surface area (Å²) in [6.07, 6.45) is 4.95. The first kappa shape index (κ1) is 15.1. The first-order valence-electron chi connectivity index (χ1n) is 7.21. The number of aromatic nitrogens is 2. The number of benzene rings is 1. The van der Waals surface area contributed by atoms with Crippen LogP contribution >= 0.6 is 0 Å². The number of carbonyl (C=O) groups excluding carboxylic acids is 1. The first-order chi connectivity index (χ1) is 10.1. The summed E-state index contributed by atoms with van der Waals surface area (Å²) in [5.74, 6) is 0.0137. The Morgan fingerprint density at radius 3 is 2.81 bits per heavy atom. The largest absolute Gasteiger partial charge is 0.380 e. The van der Waals surface area contributed by atoms with Crippen LogP contribution in [0, 0.1) is 0 Å². The van der Waals surface area contributed by atoms with E-state index in [4.69, 9.17) is 0 Å². The van der Waals surface area contributed by atoms with Gasteiger partial charge in [0.2, 0.25) is 5.91 Å². The second kappa shape index (κ2) is 6.92. The van der Waals surface area contributed by atoms with Gasteiger partial charge in [-0.15, -0.1) is 0 Å². The monoisotopic (exact) mass is 286 g/mol. The molecule has 2 N–H and O–H groups in total. The summed E-state index contributed by atoms with van der Waals surface area (Å²) in [6, 6.07) is 7.94. The van der Waals surface area contributed by atoms with Gasteiger partial charge in [0.1, 0.15) is 0 Å². The average molecular weight is 286 g/mol. The number of hydrogen-bond acceptors (Lipinski definition) is 3. The molecule has 0 bridgehead atoms. The Morgan fingerprint density at radius 1 is 1.38 bits per heavy atom. The van der Waals surface area contributed by atoms with Gasteiger partial charge in [-0.1, -0.05) is 25.1 Å². The van der Waals surface area contributed by atoms with Gasteiger partial charge in [-0.05, 0) is 25.0 Å². The summed E-state index contributed by atoms with van der Waals surface area (Å²) in [6.45, 7) is 4.07. The van der Waals surface area contributed by atoms with Crippen LogP contribution in [0.1, 0.15) is 25.8 Å². The molecule has 0 unspecified atom stereocenters. The number of para-hydroxylation sites is 1. The number of amides is 1. The van der Waals surface area contributed by atoms with Crippen LogP contribution < -0.4 is 10.6 Å². The molecule has 1 amide bonds. The van der Waals surface area contributed by atoms with Gasteiger partial charge in [0.15, 0.2) is 0 Å². The number of aryl methyl sites for hydroxylation is 2. The molecule has 2 aromatic rings. The Bertz CT molecular complexity index is 606. The van der Waals surface area contributed by atoms with Crippen LogP contribution in [0.5, 0.6) is 0 Å². The van der Waals surface area contributed by atoms with Crippen molar-refractivity contribution >= 4 is 17.3 Å². The molecule has 0 saturated carbocycles. The lowest BCUT2D eigenvalue weighted by Gasteiger charge is -2.14. The normalized spacial score (nSPS) is 12.0. The standard InChI is InChI=1S/C16H22N4O/c1-4-13-7-5-6-8-15(13)19-16(21)9-12(2)18-14-10-17-20(3)11-14/h5-8,10-12,18H,4,9H2,1-3H3,(H,19,21)/t12-/m0/s1. The van der Waals surface area contributed by atoms with Crippen LogP contribution in [0.4, 0.5) is 11.4 Å². The summed E-state index contributed by atoms with van der Waals surface area (Å²) in [5, 5.41) is 10.3. The molecule has 21 heavy (non-hydrogen) atoms. The topological polar surface area (TPSA) is 59.0 Å². The third-order valence-corrected chi connectivity index (χ3v) is 3.28. The maximum Gasteiger partial charge on any atom is 0.226 e. The molecule has 0 aliphatic carbocycles. The van der Waals surface area contributed by atoms with Crippen molar-refractivity contribution in [1.82, 2.24) is 9.78 Å². The number of nitrogens with zero attached hydrogens (tertiary/aromatic N) is 2. The van der Waals surface area contributed by atoms with Crippen LogP contribution in [0.2, 0.25) is 0 Å². The molecule has 1 heterocycles. The van der Waals surface area contributed by atoms with E-state index in [0.717, 1.165) is 23.4 Å². The lowest BCUT2D eigenvalue weighted by atomic mass is 10.1. The maximum atomic E-state index is 12.1. The van der Waals surface area contributed by atoms with Crippen molar-refractivity contribution in [2.75, 3.05) is 10.6 Å². The van der Waals surface area contributed by atoms with E-state index in [9.17, 15) is 4.79 Å². The first-order valence-corrected chi connectivity index (χ1v) is 7.21. The Kier molecular flexibility index (Phi) is 4.98. The van der Waals surface area contributed by atoms with Crippen LogP contribution in [-0.4, -0.2) is 21.7 Å². The molecular formula is C16H22N4O. The molecule has 1 atom stereocenters. The molecule has 0 saturated heterocycles. The van der Waals surface area contributed by atoms with Gasteiger partial charge < -0.3 is 10.6 Å². The minimum absolute atomic E-state index is 0.0137. The van der Waals surface area contributed by atoms with E-state index in [1.165, 1.54) is 0 Å². The fraction of sp³-hybridized carbons (Fsp3) is 0.375. The summed E-state index contributed by atoms with van der Waals surface area (Å²) in [5.41, 5.74) is 2.98. The van der Waals surface area contributed by atoms with Gasteiger partial charge in [-0.3, -0.25) is 9.48 Å². The van der Waals surface area contributed by atoms with E-state index in [0.29, 0.717) is 6.42 Å². The highest BCUT2D eigenvalue weighted by Crippen LogP contribution is 2.16. The average Bonchev–Trinajstić information content (AvgIpc) is 2.84. The Balaban J connectivity index is 1.89. The number of rotatable bonds is 6. The molecule has 112 valence electrons. The Morgan fingerprint density at radius 2 is 2.14 bits per heavy atom. The molecule has 0 spiro atoms. The van der Waals surface area contributed by atoms with Crippen molar-refractivity contribution in [3.63, 3.8) is 0 Å². The van der Waals surface area contributed by atoms with Gasteiger partial charge in [-0.2, -0.15) is 5.10 Å². The van der Waals surface area contributed by atoms with E-state index in [1.807, 2.05) is 44.4 Å². The molecule has 1 aromatic heterocycles. The zero-order chi connectivity index (χ0) is 15.2. The zero-order valence-electron chi connectivity index (χ0n) is 12.8.